The zero-order valence-corrected chi connectivity index (χ0v) is 16.4. The molecule has 26 heavy (non-hydrogen) atoms. The molecule has 0 aliphatic carbocycles. The Kier molecular flexibility index (Phi) is 11.5. The Balaban J connectivity index is 0.000000536. The van der Waals surface area contributed by atoms with E-state index in [-0.39, 0.29) is 30.2 Å². The highest BCUT2D eigenvalue weighted by Crippen LogP contribution is 2.32. The number of hydrogen-bond donors (Lipinski definition) is 4. The third-order valence-corrected chi connectivity index (χ3v) is 3.79. The van der Waals surface area contributed by atoms with Gasteiger partial charge in [-0.05, 0) is 38.8 Å². The van der Waals surface area contributed by atoms with Crippen LogP contribution in [0.5, 0.6) is 5.75 Å². The van der Waals surface area contributed by atoms with E-state index in [9.17, 15) is 4.79 Å². The summed E-state index contributed by atoms with van der Waals surface area (Å²) in [5.74, 6) is 2.39. The summed E-state index contributed by atoms with van der Waals surface area (Å²) in [6.07, 6.45) is 5.67. The number of nitrogens with zero attached hydrogens (tertiary/aromatic N) is 1. The van der Waals surface area contributed by atoms with Crippen molar-refractivity contribution < 1.29 is 4.74 Å². The van der Waals surface area contributed by atoms with Crippen molar-refractivity contribution in [1.82, 2.24) is 15.3 Å². The summed E-state index contributed by atoms with van der Waals surface area (Å²) in [5.41, 5.74) is 12.0. The fourth-order valence-electron chi connectivity index (χ4n) is 2.65. The smallest absolute Gasteiger partial charge is 0.183 e. The minimum absolute atomic E-state index is 0. The van der Waals surface area contributed by atoms with Crippen LogP contribution in [0.4, 0.5) is 11.6 Å². The van der Waals surface area contributed by atoms with Crippen LogP contribution in [0.25, 0.3) is 0 Å². The molecule has 0 atom stereocenters. The van der Waals surface area contributed by atoms with Crippen molar-refractivity contribution in [3.8, 4) is 5.75 Å². The van der Waals surface area contributed by atoms with Crippen LogP contribution in [0.1, 0.15) is 31.2 Å². The predicted octanol–water partition coefficient (Wildman–Crippen LogP) is 2.33. The second-order valence-electron chi connectivity index (χ2n) is 5.58. The van der Waals surface area contributed by atoms with Crippen LogP contribution in [0.2, 0.25) is 0 Å². The van der Waals surface area contributed by atoms with Crippen molar-refractivity contribution in [2.45, 2.75) is 25.7 Å². The van der Waals surface area contributed by atoms with Crippen LogP contribution < -0.4 is 26.9 Å². The lowest BCUT2D eigenvalue weighted by molar-refractivity contribution is 0.329. The molecule has 3 rings (SSSR count). The molecule has 0 spiro atoms. The van der Waals surface area contributed by atoms with Crippen LogP contribution in [0, 0.1) is 0 Å². The third-order valence-electron chi connectivity index (χ3n) is 3.79. The number of hydrogen-bond acceptors (Lipinski definition) is 6. The zero-order chi connectivity index (χ0) is 17.4. The number of anilines is 2. The van der Waals surface area contributed by atoms with Crippen LogP contribution >= 0.6 is 24.8 Å². The Morgan fingerprint density at radius 1 is 1.23 bits per heavy atom. The molecular weight excluding hydrogens is 377 g/mol. The van der Waals surface area contributed by atoms with Gasteiger partial charge in [0.05, 0.1) is 6.61 Å². The summed E-state index contributed by atoms with van der Waals surface area (Å²) in [4.78, 5) is 17.2. The molecule has 2 aromatic heterocycles. The van der Waals surface area contributed by atoms with Crippen molar-refractivity contribution in [1.29, 1.82) is 0 Å². The molecule has 0 unspecified atom stereocenters. The van der Waals surface area contributed by atoms with Gasteiger partial charge in [-0.3, -0.25) is 4.79 Å². The molecule has 146 valence electrons. The molecular formula is C17H27Cl2N5O2. The number of nitrogens with two attached hydrogens (primary N) is 2. The van der Waals surface area contributed by atoms with Gasteiger partial charge in [0.25, 0.3) is 0 Å². The molecule has 6 N–H and O–H groups in total. The van der Waals surface area contributed by atoms with Gasteiger partial charge < -0.3 is 26.5 Å². The molecule has 1 aliphatic heterocycles. The van der Waals surface area contributed by atoms with Crippen molar-refractivity contribution in [2.24, 2.45) is 0 Å². The summed E-state index contributed by atoms with van der Waals surface area (Å²) in [7, 11) is 0. The lowest BCUT2D eigenvalue weighted by Crippen LogP contribution is -2.27. The molecule has 9 heteroatoms. The maximum atomic E-state index is 10.4. The van der Waals surface area contributed by atoms with E-state index in [2.05, 4.69) is 15.3 Å². The molecule has 0 aromatic carbocycles. The molecule has 0 saturated carbocycles. The van der Waals surface area contributed by atoms with Crippen LogP contribution in [0.15, 0.2) is 35.4 Å². The SMILES string of the molecule is CCOc1cc(N)ncc1C1CCNCC1.Cl.Cl.Nc1cc(=O)cc[nH]1. The number of nitrogen functional groups attached to an aromatic ring is 2. The molecule has 2 aromatic rings. The van der Waals surface area contributed by atoms with E-state index in [0.29, 0.717) is 24.2 Å². The normalized spacial score (nSPS) is 13.4. The Labute approximate surface area is 165 Å². The lowest BCUT2D eigenvalue weighted by atomic mass is 9.91. The summed E-state index contributed by atoms with van der Waals surface area (Å²) >= 11 is 0. The number of ether oxygens (including phenoxy) is 1. The summed E-state index contributed by atoms with van der Waals surface area (Å²) < 4.78 is 5.63. The van der Waals surface area contributed by atoms with Crippen LogP contribution in [0.3, 0.4) is 0 Å². The summed E-state index contributed by atoms with van der Waals surface area (Å²) in [6.45, 7) is 4.80. The van der Waals surface area contributed by atoms with Crippen molar-refractivity contribution >= 4 is 36.4 Å². The van der Waals surface area contributed by atoms with Gasteiger partial charge in [-0.15, -0.1) is 24.8 Å². The van der Waals surface area contributed by atoms with Gasteiger partial charge in [0.2, 0.25) is 0 Å². The first-order valence-corrected chi connectivity index (χ1v) is 8.13. The number of pyridine rings is 2. The molecule has 0 amide bonds. The Morgan fingerprint density at radius 3 is 2.46 bits per heavy atom. The largest absolute Gasteiger partial charge is 0.493 e. The van der Waals surface area contributed by atoms with Crippen molar-refractivity contribution in [2.75, 3.05) is 31.2 Å². The standard InChI is InChI=1S/C12H19N3O.C5H6N2O.2ClH/c1-2-16-11-7-12(13)15-8-10(11)9-3-5-14-6-4-9;6-5-3-4(8)1-2-7-5;;/h7-9,14H,2-6H2,1H3,(H2,13,15);1-3H,(H3,6,7,8);2*1H. The maximum Gasteiger partial charge on any atom is 0.183 e. The number of halogens is 2. The second-order valence-corrected chi connectivity index (χ2v) is 5.58. The first-order chi connectivity index (χ1) is 11.6. The molecule has 1 fully saturated rings. The quantitative estimate of drug-likeness (QED) is 0.624. The van der Waals surface area contributed by atoms with Crippen LogP contribution in [-0.4, -0.2) is 29.7 Å². The van der Waals surface area contributed by atoms with Gasteiger partial charge in [-0.1, -0.05) is 0 Å². The first kappa shape index (κ1) is 24.0. The summed E-state index contributed by atoms with van der Waals surface area (Å²) in [5, 5.41) is 3.36. The Bertz CT molecular complexity index is 706. The summed E-state index contributed by atoms with van der Waals surface area (Å²) in [6, 6.07) is 4.58. The number of piperidine rings is 1. The van der Waals surface area contributed by atoms with E-state index < -0.39 is 0 Å². The average molecular weight is 404 g/mol. The minimum Gasteiger partial charge on any atom is -0.493 e. The molecule has 0 radical (unpaired) electrons. The molecule has 7 nitrogen and oxygen atoms in total. The van der Waals surface area contributed by atoms with Gasteiger partial charge in [-0.25, -0.2) is 4.98 Å². The minimum atomic E-state index is -0.0683. The highest BCUT2D eigenvalue weighted by atomic mass is 35.5. The van der Waals surface area contributed by atoms with Gasteiger partial charge >= 0.3 is 0 Å². The Hall–Kier alpha value is -1.96. The van der Waals surface area contributed by atoms with Crippen molar-refractivity contribution in [3.63, 3.8) is 0 Å². The molecule has 1 aliphatic rings. The van der Waals surface area contributed by atoms with Crippen molar-refractivity contribution in [3.05, 3.63) is 46.4 Å². The maximum absolute atomic E-state index is 10.4. The fourth-order valence-corrected chi connectivity index (χ4v) is 2.65. The third kappa shape index (κ3) is 7.51. The highest BCUT2D eigenvalue weighted by molar-refractivity contribution is 5.85. The monoisotopic (exact) mass is 403 g/mol. The fraction of sp³-hybridized carbons (Fsp3) is 0.412. The predicted molar refractivity (Wildman–Crippen MR) is 111 cm³/mol. The van der Waals surface area contributed by atoms with E-state index in [1.54, 1.807) is 0 Å². The van der Waals surface area contributed by atoms with E-state index in [1.807, 2.05) is 19.2 Å². The van der Waals surface area contributed by atoms with Gasteiger partial charge in [0.1, 0.15) is 17.4 Å². The average Bonchev–Trinajstić information content (AvgIpc) is 2.56. The molecule has 0 bridgehead atoms. The first-order valence-electron chi connectivity index (χ1n) is 8.13. The van der Waals surface area contributed by atoms with E-state index in [0.717, 1.165) is 31.7 Å². The van der Waals surface area contributed by atoms with Gasteiger partial charge in [0.15, 0.2) is 5.43 Å². The van der Waals surface area contributed by atoms with E-state index in [4.69, 9.17) is 16.2 Å². The topological polar surface area (TPSA) is 119 Å². The van der Waals surface area contributed by atoms with Gasteiger partial charge in [-0.2, -0.15) is 0 Å². The lowest BCUT2D eigenvalue weighted by Gasteiger charge is -2.24. The highest BCUT2D eigenvalue weighted by Gasteiger charge is 2.19. The number of aromatic amines is 1. The van der Waals surface area contributed by atoms with Gasteiger partial charge in [0, 0.05) is 36.2 Å². The van der Waals surface area contributed by atoms with E-state index in [1.165, 1.54) is 23.9 Å². The Morgan fingerprint density at radius 2 is 1.92 bits per heavy atom. The van der Waals surface area contributed by atoms with E-state index >= 15 is 0 Å². The molecule has 1 saturated heterocycles. The second kappa shape index (κ2) is 12.4. The number of rotatable bonds is 3. The number of aromatic nitrogens is 2. The number of nitrogens with one attached hydrogen (secondary N) is 2. The number of H-pyrrole nitrogens is 1. The zero-order valence-electron chi connectivity index (χ0n) is 14.7. The molecule has 3 heterocycles. The van der Waals surface area contributed by atoms with Crippen LogP contribution in [-0.2, 0) is 0 Å².